The van der Waals surface area contributed by atoms with Crippen LogP contribution in [-0.4, -0.2) is 15.0 Å². The highest BCUT2D eigenvalue weighted by Gasteiger charge is 2.13. The molecule has 4 rings (SSSR count). The van der Waals surface area contributed by atoms with Crippen molar-refractivity contribution in [1.29, 1.82) is 0 Å². The van der Waals surface area contributed by atoms with Crippen molar-refractivity contribution < 1.29 is 4.79 Å². The topological polar surface area (TPSA) is 73.1 Å². The summed E-state index contributed by atoms with van der Waals surface area (Å²) in [5.74, 6) is -0.103. The maximum atomic E-state index is 13.3. The normalized spacial score (nSPS) is 11.0. The minimum atomic E-state index is -0.378. The smallest absolute Gasteiger partial charge is 0.331 e. The van der Waals surface area contributed by atoms with Gasteiger partial charge in [0.1, 0.15) is 0 Å². The van der Waals surface area contributed by atoms with Crippen molar-refractivity contribution in [3.8, 4) is 0 Å². The summed E-state index contributed by atoms with van der Waals surface area (Å²) >= 11 is 12.2. The molecule has 1 heterocycles. The maximum Gasteiger partial charge on any atom is 0.331 e. The lowest BCUT2D eigenvalue weighted by Crippen LogP contribution is -2.40. The molecule has 4 aromatic rings. The van der Waals surface area contributed by atoms with Gasteiger partial charge in [0.05, 0.1) is 17.4 Å². The van der Waals surface area contributed by atoms with E-state index in [0.717, 1.165) is 11.1 Å². The SMILES string of the molecule is O=C(CCCCn1c(=O)c2ccccc2n(Cc2cccc(Cl)c2)c1=O)NCc1ccccc1Cl. The van der Waals surface area contributed by atoms with Gasteiger partial charge in [0.2, 0.25) is 5.91 Å². The molecule has 0 unspecified atom stereocenters. The van der Waals surface area contributed by atoms with Crippen LogP contribution in [0.5, 0.6) is 0 Å². The van der Waals surface area contributed by atoms with Gasteiger partial charge < -0.3 is 5.32 Å². The van der Waals surface area contributed by atoms with Crippen LogP contribution >= 0.6 is 23.2 Å². The van der Waals surface area contributed by atoms with Gasteiger partial charge >= 0.3 is 5.69 Å². The fourth-order valence-electron chi connectivity index (χ4n) is 4.02. The Hall–Kier alpha value is -3.35. The molecule has 8 heteroatoms. The van der Waals surface area contributed by atoms with Crippen molar-refractivity contribution in [2.24, 2.45) is 0 Å². The van der Waals surface area contributed by atoms with Crippen LogP contribution in [0.2, 0.25) is 10.0 Å². The van der Waals surface area contributed by atoms with Crippen molar-refractivity contribution in [3.05, 3.63) is 115 Å². The Morgan fingerprint density at radius 1 is 0.857 bits per heavy atom. The molecule has 0 saturated heterocycles. The van der Waals surface area contributed by atoms with Gasteiger partial charge in [-0.05, 0) is 54.3 Å². The summed E-state index contributed by atoms with van der Waals surface area (Å²) < 4.78 is 2.85. The largest absolute Gasteiger partial charge is 0.352 e. The summed E-state index contributed by atoms with van der Waals surface area (Å²) in [5, 5.41) is 4.53. The zero-order valence-electron chi connectivity index (χ0n) is 19.0. The standard InChI is InChI=1S/C27H25Cl2N3O3/c28-21-10-7-8-19(16-21)18-32-24-13-4-2-11-22(24)26(34)31(27(32)35)15-6-5-14-25(33)30-17-20-9-1-3-12-23(20)29/h1-4,7-13,16H,5-6,14-15,17-18H2,(H,30,33). The number of hydrogen-bond donors (Lipinski definition) is 1. The van der Waals surface area contributed by atoms with Crippen LogP contribution in [-0.2, 0) is 24.4 Å². The first kappa shape index (κ1) is 24.8. The monoisotopic (exact) mass is 509 g/mol. The van der Waals surface area contributed by atoms with Crippen molar-refractivity contribution in [1.82, 2.24) is 14.5 Å². The van der Waals surface area contributed by atoms with E-state index in [1.807, 2.05) is 30.3 Å². The third-order valence-corrected chi connectivity index (χ3v) is 6.44. The van der Waals surface area contributed by atoms with Gasteiger partial charge in [-0.1, -0.05) is 65.7 Å². The molecule has 0 bridgehead atoms. The molecule has 180 valence electrons. The van der Waals surface area contributed by atoms with E-state index >= 15 is 0 Å². The lowest BCUT2D eigenvalue weighted by Gasteiger charge is -2.14. The minimum absolute atomic E-state index is 0.103. The second kappa shape index (κ2) is 11.4. The van der Waals surface area contributed by atoms with Crippen LogP contribution in [0.4, 0.5) is 0 Å². The number of aromatic nitrogens is 2. The number of unbranched alkanes of at least 4 members (excludes halogenated alkanes) is 1. The number of benzene rings is 3. The summed E-state index contributed by atoms with van der Waals surface area (Å²) in [6.07, 6.45) is 1.36. The Balaban J connectivity index is 1.45. The predicted molar refractivity (Wildman–Crippen MR) is 140 cm³/mol. The Labute approximate surface area is 212 Å². The number of nitrogens with zero attached hydrogens (tertiary/aromatic N) is 2. The zero-order chi connectivity index (χ0) is 24.8. The number of hydrogen-bond acceptors (Lipinski definition) is 3. The highest BCUT2D eigenvalue weighted by Crippen LogP contribution is 2.15. The Morgan fingerprint density at radius 3 is 2.43 bits per heavy atom. The van der Waals surface area contributed by atoms with Crippen molar-refractivity contribution in [2.75, 3.05) is 0 Å². The van der Waals surface area contributed by atoms with Crippen LogP contribution < -0.4 is 16.6 Å². The Bertz CT molecular complexity index is 1480. The van der Waals surface area contributed by atoms with E-state index in [2.05, 4.69) is 5.32 Å². The van der Waals surface area contributed by atoms with E-state index in [4.69, 9.17) is 23.2 Å². The molecule has 0 saturated carbocycles. The van der Waals surface area contributed by atoms with Crippen molar-refractivity contribution in [3.63, 3.8) is 0 Å². The van der Waals surface area contributed by atoms with Crippen LogP contribution in [0, 0.1) is 0 Å². The van der Waals surface area contributed by atoms with Crippen LogP contribution in [0.3, 0.4) is 0 Å². The average molecular weight is 510 g/mol. The molecule has 1 aromatic heterocycles. The van der Waals surface area contributed by atoms with Crippen LogP contribution in [0.15, 0.2) is 82.4 Å². The van der Waals surface area contributed by atoms with Crippen LogP contribution in [0.1, 0.15) is 30.4 Å². The molecular formula is C27H25Cl2N3O3. The lowest BCUT2D eigenvalue weighted by atomic mass is 10.2. The maximum absolute atomic E-state index is 13.3. The number of carbonyl (C=O) groups is 1. The summed E-state index contributed by atoms with van der Waals surface area (Å²) in [4.78, 5) is 38.6. The predicted octanol–water partition coefficient (Wildman–Crippen LogP) is 5.01. The summed E-state index contributed by atoms with van der Waals surface area (Å²) in [6, 6.07) is 21.7. The molecule has 0 radical (unpaired) electrons. The summed E-state index contributed by atoms with van der Waals surface area (Å²) in [7, 11) is 0. The van der Waals surface area contributed by atoms with Crippen molar-refractivity contribution >= 4 is 40.0 Å². The second-order valence-corrected chi connectivity index (χ2v) is 9.14. The molecule has 3 aromatic carbocycles. The van der Waals surface area contributed by atoms with Gasteiger partial charge in [-0.2, -0.15) is 0 Å². The number of carbonyl (C=O) groups excluding carboxylic acids is 1. The van der Waals surface area contributed by atoms with E-state index < -0.39 is 0 Å². The highest BCUT2D eigenvalue weighted by molar-refractivity contribution is 6.31. The molecule has 35 heavy (non-hydrogen) atoms. The first-order chi connectivity index (χ1) is 16.9. The molecule has 0 atom stereocenters. The van der Waals surface area contributed by atoms with E-state index in [0.29, 0.717) is 53.3 Å². The van der Waals surface area contributed by atoms with E-state index in [-0.39, 0.29) is 23.7 Å². The van der Waals surface area contributed by atoms with Gasteiger partial charge in [0.15, 0.2) is 0 Å². The zero-order valence-corrected chi connectivity index (χ0v) is 20.6. The number of amides is 1. The van der Waals surface area contributed by atoms with Gasteiger partial charge in [-0.25, -0.2) is 4.79 Å². The average Bonchev–Trinajstić information content (AvgIpc) is 2.85. The first-order valence-electron chi connectivity index (χ1n) is 11.4. The Morgan fingerprint density at radius 2 is 1.63 bits per heavy atom. The molecule has 1 N–H and O–H groups in total. The number of halogens is 2. The van der Waals surface area contributed by atoms with Gasteiger partial charge in [0.25, 0.3) is 5.56 Å². The molecular weight excluding hydrogens is 485 g/mol. The summed E-state index contributed by atoms with van der Waals surface area (Å²) in [5.41, 5.74) is 1.60. The summed E-state index contributed by atoms with van der Waals surface area (Å²) in [6.45, 7) is 0.886. The molecule has 0 aliphatic heterocycles. The third kappa shape index (κ3) is 6.02. The number of fused-ring (bicyclic) bond motifs is 1. The number of rotatable bonds is 9. The fourth-order valence-corrected chi connectivity index (χ4v) is 4.43. The van der Waals surface area contributed by atoms with Crippen LogP contribution in [0.25, 0.3) is 10.9 Å². The highest BCUT2D eigenvalue weighted by atomic mass is 35.5. The minimum Gasteiger partial charge on any atom is -0.352 e. The third-order valence-electron chi connectivity index (χ3n) is 5.83. The number of nitrogens with one attached hydrogen (secondary N) is 1. The van der Waals surface area contributed by atoms with E-state index in [1.54, 1.807) is 47.0 Å². The van der Waals surface area contributed by atoms with Crippen molar-refractivity contribution in [2.45, 2.75) is 38.9 Å². The molecule has 0 spiro atoms. The number of para-hydroxylation sites is 1. The fraction of sp³-hybridized carbons (Fsp3) is 0.222. The molecule has 0 fully saturated rings. The van der Waals surface area contributed by atoms with E-state index in [9.17, 15) is 14.4 Å². The van der Waals surface area contributed by atoms with Gasteiger partial charge in [-0.15, -0.1) is 0 Å². The lowest BCUT2D eigenvalue weighted by molar-refractivity contribution is -0.121. The molecule has 0 aliphatic rings. The Kier molecular flexibility index (Phi) is 8.06. The molecule has 0 aliphatic carbocycles. The van der Waals surface area contributed by atoms with E-state index in [1.165, 1.54) is 4.57 Å². The van der Waals surface area contributed by atoms with Gasteiger partial charge in [0, 0.05) is 29.6 Å². The second-order valence-electron chi connectivity index (χ2n) is 8.30. The molecule has 1 amide bonds. The quantitative estimate of drug-likeness (QED) is 0.322. The molecule has 6 nitrogen and oxygen atoms in total. The van der Waals surface area contributed by atoms with Gasteiger partial charge in [-0.3, -0.25) is 18.7 Å². The first-order valence-corrected chi connectivity index (χ1v) is 12.2.